The van der Waals surface area contributed by atoms with Crippen molar-refractivity contribution in [1.82, 2.24) is 19.5 Å². The number of carbonyl (C=O) groups is 1. The predicted molar refractivity (Wildman–Crippen MR) is 120 cm³/mol. The van der Waals surface area contributed by atoms with Gasteiger partial charge in [-0.15, -0.1) is 10.2 Å². The number of ether oxygens (including phenoxy) is 2. The lowest BCUT2D eigenvalue weighted by Gasteiger charge is -2.22. The molecule has 0 aliphatic heterocycles. The van der Waals surface area contributed by atoms with Crippen LogP contribution in [0.3, 0.4) is 0 Å². The summed E-state index contributed by atoms with van der Waals surface area (Å²) < 4.78 is 14.6. The minimum atomic E-state index is -0.144. The number of hydrogen-bond donors (Lipinski definition) is 1. The van der Waals surface area contributed by atoms with Gasteiger partial charge in [0.25, 0.3) is 0 Å². The van der Waals surface area contributed by atoms with Crippen LogP contribution in [-0.4, -0.2) is 45.4 Å². The monoisotopic (exact) mass is 441 g/mol. The molecule has 0 bridgehead atoms. The lowest BCUT2D eigenvalue weighted by Crippen LogP contribution is -2.18. The lowest BCUT2D eigenvalue weighted by molar-refractivity contribution is -0.113. The molecule has 164 valence electrons. The van der Waals surface area contributed by atoms with Crippen LogP contribution in [0, 0.1) is 0 Å². The molecular formula is C22H27N5O3S. The molecule has 0 spiro atoms. The van der Waals surface area contributed by atoms with Crippen LogP contribution in [-0.2, 0) is 4.79 Å². The van der Waals surface area contributed by atoms with Crippen molar-refractivity contribution in [3.05, 3.63) is 48.5 Å². The van der Waals surface area contributed by atoms with Gasteiger partial charge in [0.2, 0.25) is 11.1 Å². The van der Waals surface area contributed by atoms with Crippen LogP contribution in [0.15, 0.2) is 47.9 Å². The van der Waals surface area contributed by atoms with Gasteiger partial charge in [0.1, 0.15) is 11.5 Å². The van der Waals surface area contributed by atoms with Crippen LogP contribution in [0.25, 0.3) is 0 Å². The number of nitrogens with one attached hydrogen (secondary N) is 1. The first-order valence-electron chi connectivity index (χ1n) is 10.4. The first-order valence-corrected chi connectivity index (χ1v) is 11.4. The molecule has 31 heavy (non-hydrogen) atoms. The molecule has 4 rings (SSSR count). The van der Waals surface area contributed by atoms with E-state index in [2.05, 4.69) is 15.5 Å². The lowest BCUT2D eigenvalue weighted by atomic mass is 9.89. The summed E-state index contributed by atoms with van der Waals surface area (Å²) in [5.41, 5.74) is 0.601. The Morgan fingerprint density at radius 1 is 1.13 bits per heavy atom. The third kappa shape index (κ3) is 4.87. The Labute approximate surface area is 185 Å². The SMILES string of the molecule is COc1ccc(NC(=O)CSc2nnc(C3CCCCC3)n2-n2cccc2)c(OC)c1. The van der Waals surface area contributed by atoms with E-state index in [0.717, 1.165) is 18.7 Å². The molecule has 8 nitrogen and oxygen atoms in total. The number of rotatable bonds is 8. The van der Waals surface area contributed by atoms with E-state index in [1.807, 2.05) is 33.9 Å². The average molecular weight is 442 g/mol. The van der Waals surface area contributed by atoms with E-state index in [4.69, 9.17) is 9.47 Å². The fraction of sp³-hybridized carbons (Fsp3) is 0.409. The summed E-state index contributed by atoms with van der Waals surface area (Å²) in [6.07, 6.45) is 9.92. The number of carbonyl (C=O) groups excluding carboxylic acids is 1. The number of thioether (sulfide) groups is 1. The smallest absolute Gasteiger partial charge is 0.234 e. The van der Waals surface area contributed by atoms with Crippen molar-refractivity contribution in [1.29, 1.82) is 0 Å². The van der Waals surface area contributed by atoms with Gasteiger partial charge < -0.3 is 14.8 Å². The quantitative estimate of drug-likeness (QED) is 0.528. The molecule has 1 aliphatic rings. The third-order valence-corrected chi connectivity index (χ3v) is 6.36. The fourth-order valence-corrected chi connectivity index (χ4v) is 4.62. The molecule has 9 heteroatoms. The van der Waals surface area contributed by atoms with Crippen molar-refractivity contribution in [3.8, 4) is 11.5 Å². The minimum Gasteiger partial charge on any atom is -0.497 e. The van der Waals surface area contributed by atoms with Crippen LogP contribution in [0.1, 0.15) is 43.8 Å². The van der Waals surface area contributed by atoms with E-state index in [1.54, 1.807) is 32.4 Å². The highest BCUT2D eigenvalue weighted by Crippen LogP contribution is 2.33. The summed E-state index contributed by atoms with van der Waals surface area (Å²) in [7, 11) is 3.15. The first kappa shape index (κ1) is 21.3. The summed E-state index contributed by atoms with van der Waals surface area (Å²) in [6, 6.07) is 9.24. The summed E-state index contributed by atoms with van der Waals surface area (Å²) >= 11 is 1.37. The van der Waals surface area contributed by atoms with Gasteiger partial charge in [-0.2, -0.15) is 0 Å². The molecule has 2 heterocycles. The van der Waals surface area contributed by atoms with Crippen LogP contribution in [0.4, 0.5) is 5.69 Å². The van der Waals surface area contributed by atoms with Gasteiger partial charge in [0, 0.05) is 24.4 Å². The highest BCUT2D eigenvalue weighted by Gasteiger charge is 2.24. The van der Waals surface area contributed by atoms with Crippen LogP contribution >= 0.6 is 11.8 Å². The van der Waals surface area contributed by atoms with E-state index in [0.29, 0.717) is 28.3 Å². The molecule has 0 unspecified atom stereocenters. The molecule has 1 saturated carbocycles. The molecule has 1 fully saturated rings. The molecule has 2 aromatic heterocycles. The van der Waals surface area contributed by atoms with Crippen molar-refractivity contribution in [2.24, 2.45) is 0 Å². The number of methoxy groups -OCH3 is 2. The van der Waals surface area contributed by atoms with Gasteiger partial charge in [-0.3, -0.25) is 9.47 Å². The Bertz CT molecular complexity index is 1010. The van der Waals surface area contributed by atoms with Gasteiger partial charge in [0.05, 0.1) is 25.7 Å². The normalized spacial score (nSPS) is 14.4. The molecule has 0 radical (unpaired) electrons. The number of hydrogen-bond acceptors (Lipinski definition) is 6. The van der Waals surface area contributed by atoms with E-state index in [-0.39, 0.29) is 11.7 Å². The van der Waals surface area contributed by atoms with Crippen molar-refractivity contribution >= 4 is 23.4 Å². The highest BCUT2D eigenvalue weighted by atomic mass is 32.2. The Kier molecular flexibility index (Phi) is 6.81. The van der Waals surface area contributed by atoms with E-state index in [9.17, 15) is 4.79 Å². The summed E-state index contributed by atoms with van der Waals surface area (Å²) in [4.78, 5) is 12.6. The van der Waals surface area contributed by atoms with Gasteiger partial charge in [-0.25, -0.2) is 4.68 Å². The van der Waals surface area contributed by atoms with Gasteiger partial charge in [-0.1, -0.05) is 31.0 Å². The molecule has 1 amide bonds. The summed E-state index contributed by atoms with van der Waals surface area (Å²) in [5, 5.41) is 12.5. The van der Waals surface area contributed by atoms with Crippen molar-refractivity contribution in [2.75, 3.05) is 25.3 Å². The largest absolute Gasteiger partial charge is 0.497 e. The molecule has 0 atom stereocenters. The molecule has 1 N–H and O–H groups in total. The van der Waals surface area contributed by atoms with Crippen LogP contribution in [0.5, 0.6) is 11.5 Å². The zero-order chi connectivity index (χ0) is 21.6. The average Bonchev–Trinajstić information content (AvgIpc) is 3.48. The highest BCUT2D eigenvalue weighted by molar-refractivity contribution is 7.99. The second kappa shape index (κ2) is 9.91. The van der Waals surface area contributed by atoms with Gasteiger partial charge in [0.15, 0.2) is 5.82 Å². The Balaban J connectivity index is 1.48. The predicted octanol–water partition coefficient (Wildman–Crippen LogP) is 4.19. The molecule has 0 saturated heterocycles. The van der Waals surface area contributed by atoms with E-state index >= 15 is 0 Å². The Morgan fingerprint density at radius 2 is 1.90 bits per heavy atom. The number of anilines is 1. The van der Waals surface area contributed by atoms with E-state index in [1.165, 1.54) is 31.0 Å². The number of nitrogens with zero attached hydrogens (tertiary/aromatic N) is 4. The maximum absolute atomic E-state index is 12.6. The minimum absolute atomic E-state index is 0.144. The topological polar surface area (TPSA) is 83.2 Å². The van der Waals surface area contributed by atoms with Crippen molar-refractivity contribution in [3.63, 3.8) is 0 Å². The molecule has 1 aromatic carbocycles. The standard InChI is InChI=1S/C22H27N5O3S/c1-29-17-10-11-18(19(14-17)30-2)23-20(28)15-31-22-25-24-21(16-8-4-3-5-9-16)27(22)26-12-6-7-13-26/h6-7,10-14,16H,3-5,8-9,15H2,1-2H3,(H,23,28). The Hall–Kier alpha value is -2.94. The maximum atomic E-state index is 12.6. The molecule has 3 aromatic rings. The maximum Gasteiger partial charge on any atom is 0.234 e. The third-order valence-electron chi connectivity index (χ3n) is 5.44. The van der Waals surface area contributed by atoms with Crippen LogP contribution in [0.2, 0.25) is 0 Å². The second-order valence-corrected chi connectivity index (χ2v) is 8.40. The van der Waals surface area contributed by atoms with E-state index < -0.39 is 0 Å². The van der Waals surface area contributed by atoms with Crippen molar-refractivity contribution in [2.45, 2.75) is 43.2 Å². The van der Waals surface area contributed by atoms with Crippen LogP contribution < -0.4 is 14.8 Å². The zero-order valence-corrected chi connectivity index (χ0v) is 18.6. The number of aromatic nitrogens is 4. The zero-order valence-electron chi connectivity index (χ0n) is 17.8. The van der Waals surface area contributed by atoms with Gasteiger partial charge in [-0.05, 0) is 37.1 Å². The summed E-state index contributed by atoms with van der Waals surface area (Å²) in [6.45, 7) is 0. The molecule has 1 aliphatic carbocycles. The fourth-order valence-electron chi connectivity index (χ4n) is 3.88. The van der Waals surface area contributed by atoms with Gasteiger partial charge >= 0.3 is 0 Å². The van der Waals surface area contributed by atoms with Crippen molar-refractivity contribution < 1.29 is 14.3 Å². The second-order valence-electron chi connectivity index (χ2n) is 7.45. The summed E-state index contributed by atoms with van der Waals surface area (Å²) in [5.74, 6) is 2.65. The number of amides is 1. The Morgan fingerprint density at radius 3 is 2.61 bits per heavy atom. The number of benzene rings is 1. The molecular weight excluding hydrogens is 414 g/mol. The first-order chi connectivity index (χ1) is 15.2.